The van der Waals surface area contributed by atoms with Gasteiger partial charge < -0.3 is 20.5 Å². The molecule has 9 heteroatoms. The van der Waals surface area contributed by atoms with Crippen molar-refractivity contribution in [1.29, 1.82) is 0 Å². The van der Waals surface area contributed by atoms with Crippen LogP contribution in [0, 0.1) is 12.8 Å². The Morgan fingerprint density at radius 2 is 2.07 bits per heavy atom. The Bertz CT molecular complexity index is 1010. The van der Waals surface area contributed by atoms with Gasteiger partial charge in [0.2, 0.25) is 16.7 Å². The van der Waals surface area contributed by atoms with E-state index in [1.165, 1.54) is 20.8 Å². The van der Waals surface area contributed by atoms with Crippen LogP contribution < -0.4 is 15.4 Å². The van der Waals surface area contributed by atoms with Gasteiger partial charge >= 0.3 is 0 Å². The predicted molar refractivity (Wildman–Crippen MR) is 109 cm³/mol. The molecule has 0 saturated carbocycles. The first-order valence-electron chi connectivity index (χ1n) is 9.89. The number of nitrogens with zero attached hydrogens (tertiary/aromatic N) is 3. The third kappa shape index (κ3) is 3.79. The second kappa shape index (κ2) is 8.00. The second-order valence-electron chi connectivity index (χ2n) is 7.41. The average Bonchev–Trinajstić information content (AvgIpc) is 3.21. The smallest absolute Gasteiger partial charge is 0.235 e. The van der Waals surface area contributed by atoms with Crippen LogP contribution in [0.25, 0.3) is 4.96 Å². The van der Waals surface area contributed by atoms with Crippen molar-refractivity contribution in [2.24, 2.45) is 11.7 Å². The lowest BCUT2D eigenvalue weighted by Gasteiger charge is -2.33. The molecule has 1 aliphatic rings. The molecule has 0 aliphatic carbocycles. The van der Waals surface area contributed by atoms with Gasteiger partial charge in [0, 0.05) is 24.3 Å². The Morgan fingerprint density at radius 1 is 1.38 bits per heavy atom. The number of carbonyl (C=O) groups excluding carboxylic acids is 1. The molecule has 29 heavy (non-hydrogen) atoms. The Hall–Kier alpha value is -2.65. The van der Waals surface area contributed by atoms with Gasteiger partial charge in [-0.15, -0.1) is 5.10 Å². The summed E-state index contributed by atoms with van der Waals surface area (Å²) in [5.41, 5.74) is 6.59. The van der Waals surface area contributed by atoms with E-state index in [-0.39, 0.29) is 23.7 Å². The predicted octanol–water partition coefficient (Wildman–Crippen LogP) is 1.07. The fourth-order valence-corrected chi connectivity index (χ4v) is 5.28. The molecule has 8 nitrogen and oxygen atoms in total. The average molecular weight is 417 g/mol. The second-order valence-corrected chi connectivity index (χ2v) is 8.42. The van der Waals surface area contributed by atoms with Crippen molar-refractivity contribution in [2.75, 3.05) is 19.7 Å². The maximum atomic E-state index is 11.6. The maximum absolute atomic E-state index is 11.6. The molecule has 4 N–H and O–H groups in total. The van der Waals surface area contributed by atoms with E-state index < -0.39 is 0 Å². The molecule has 0 radical (unpaired) electrons. The van der Waals surface area contributed by atoms with Crippen LogP contribution in [-0.4, -0.2) is 45.3 Å². The van der Waals surface area contributed by atoms with Crippen LogP contribution in [0.2, 0.25) is 0 Å². The summed E-state index contributed by atoms with van der Waals surface area (Å²) >= 11 is 1.46. The Labute approximate surface area is 172 Å². The van der Waals surface area contributed by atoms with Crippen LogP contribution in [0.4, 0.5) is 0 Å². The molecule has 1 saturated heterocycles. The summed E-state index contributed by atoms with van der Waals surface area (Å²) in [7, 11) is 0. The Kier molecular flexibility index (Phi) is 5.42. The summed E-state index contributed by atoms with van der Waals surface area (Å²) in [6.45, 7) is 5.98. The zero-order valence-electron chi connectivity index (χ0n) is 16.6. The molecule has 1 fully saturated rings. The van der Waals surface area contributed by atoms with Crippen LogP contribution in [0.5, 0.6) is 11.6 Å². The number of thiazole rings is 1. The number of likely N-dealkylation sites (tertiary alicyclic amines) is 1. The molecule has 4 rings (SSSR count). The van der Waals surface area contributed by atoms with Crippen LogP contribution in [-0.2, 0) is 4.79 Å². The number of hydrogen-bond acceptors (Lipinski definition) is 6. The van der Waals surface area contributed by atoms with E-state index in [0.717, 1.165) is 42.1 Å². The van der Waals surface area contributed by atoms with Crippen molar-refractivity contribution < 1.29 is 19.5 Å². The molecule has 0 bridgehead atoms. The molecule has 1 aromatic carbocycles. The number of piperidine rings is 1. The summed E-state index contributed by atoms with van der Waals surface area (Å²) < 4.78 is 7.08. The summed E-state index contributed by atoms with van der Waals surface area (Å²) in [4.78, 5) is 18.8. The highest BCUT2D eigenvalue weighted by atomic mass is 32.1. The number of ether oxygens (including phenoxy) is 1. The minimum atomic E-state index is -0.223. The van der Waals surface area contributed by atoms with Crippen LogP contribution >= 0.6 is 11.3 Å². The number of carbonyl (C=O) groups is 1. The van der Waals surface area contributed by atoms with Gasteiger partial charge in [0.25, 0.3) is 0 Å². The molecule has 0 spiro atoms. The number of nitrogens with one attached hydrogen (secondary N) is 1. The number of fused-ring (bicyclic) bond motifs is 1. The van der Waals surface area contributed by atoms with Gasteiger partial charge in [0.1, 0.15) is 16.5 Å². The molecule has 1 aliphatic heterocycles. The molecular weight excluding hydrogens is 390 g/mol. The topological polar surface area (TPSA) is 107 Å². The van der Waals surface area contributed by atoms with E-state index in [2.05, 4.69) is 10.1 Å². The number of primary amides is 1. The number of benzene rings is 1. The van der Waals surface area contributed by atoms with Gasteiger partial charge in [0.15, 0.2) is 6.04 Å². The van der Waals surface area contributed by atoms with Crippen molar-refractivity contribution in [3.05, 3.63) is 40.5 Å². The highest BCUT2D eigenvalue weighted by molar-refractivity contribution is 7.17. The normalized spacial score (nSPS) is 20.6. The van der Waals surface area contributed by atoms with Gasteiger partial charge in [-0.25, -0.2) is 4.98 Å². The summed E-state index contributed by atoms with van der Waals surface area (Å²) in [5, 5.41) is 15.2. The van der Waals surface area contributed by atoms with Gasteiger partial charge in [-0.05, 0) is 38.1 Å². The first kappa shape index (κ1) is 19.7. The highest BCUT2D eigenvalue weighted by Crippen LogP contribution is 2.35. The van der Waals surface area contributed by atoms with E-state index in [1.807, 2.05) is 38.1 Å². The first-order chi connectivity index (χ1) is 14.0. The largest absolute Gasteiger partial charge is 0.494 e. The van der Waals surface area contributed by atoms with Crippen molar-refractivity contribution in [3.8, 4) is 11.6 Å². The van der Waals surface area contributed by atoms with E-state index >= 15 is 0 Å². The molecule has 1 amide bonds. The van der Waals surface area contributed by atoms with Gasteiger partial charge in [-0.3, -0.25) is 4.79 Å². The zero-order chi connectivity index (χ0) is 20.5. The molecule has 1 atom stereocenters. The number of aromatic hydroxyl groups is 1. The van der Waals surface area contributed by atoms with Crippen LogP contribution in [0.15, 0.2) is 24.3 Å². The number of nitrogens with two attached hydrogens (primary N) is 1. The molecule has 2 aromatic heterocycles. The van der Waals surface area contributed by atoms with Crippen molar-refractivity contribution in [2.45, 2.75) is 32.7 Å². The molecule has 154 valence electrons. The number of aromatic nitrogens is 3. The lowest BCUT2D eigenvalue weighted by Crippen LogP contribution is -3.13. The quantitative estimate of drug-likeness (QED) is 0.557. The lowest BCUT2D eigenvalue weighted by molar-refractivity contribution is -0.930. The highest BCUT2D eigenvalue weighted by Gasteiger charge is 2.36. The minimum Gasteiger partial charge on any atom is -0.494 e. The molecule has 3 heterocycles. The maximum Gasteiger partial charge on any atom is 0.235 e. The fourth-order valence-electron chi connectivity index (χ4n) is 4.09. The van der Waals surface area contributed by atoms with E-state index in [9.17, 15) is 9.90 Å². The third-order valence-corrected chi connectivity index (χ3v) is 6.62. The van der Waals surface area contributed by atoms with Gasteiger partial charge in [-0.2, -0.15) is 4.52 Å². The summed E-state index contributed by atoms with van der Waals surface area (Å²) in [6, 6.07) is 7.93. The number of rotatable bonds is 6. The minimum absolute atomic E-state index is 0.0710. The Morgan fingerprint density at radius 3 is 2.66 bits per heavy atom. The number of aryl methyl sites for hydroxylation is 1. The zero-order valence-corrected chi connectivity index (χ0v) is 17.4. The van der Waals surface area contributed by atoms with Crippen molar-refractivity contribution in [3.63, 3.8) is 0 Å². The van der Waals surface area contributed by atoms with Crippen LogP contribution in [0.3, 0.4) is 0 Å². The number of amides is 1. The Balaban J connectivity index is 1.71. The molecular formula is C20H26N5O3S+. The van der Waals surface area contributed by atoms with Gasteiger partial charge in [-0.1, -0.05) is 11.3 Å². The number of quaternary nitrogens is 1. The van der Waals surface area contributed by atoms with Crippen molar-refractivity contribution in [1.82, 2.24) is 14.6 Å². The van der Waals surface area contributed by atoms with E-state index in [1.54, 1.807) is 0 Å². The van der Waals surface area contributed by atoms with E-state index in [4.69, 9.17) is 10.5 Å². The van der Waals surface area contributed by atoms with Crippen LogP contribution in [0.1, 0.15) is 42.1 Å². The number of hydrogen-bond donors (Lipinski definition) is 3. The SMILES string of the molecule is CCOc1ccc([C@@H](c2sc3nc(C)nn3c2O)[NH+]2CCC(C(N)=O)CC2)cc1. The lowest BCUT2D eigenvalue weighted by atomic mass is 9.93. The molecule has 3 aromatic rings. The molecule has 0 unspecified atom stereocenters. The third-order valence-electron chi connectivity index (χ3n) is 5.53. The summed E-state index contributed by atoms with van der Waals surface area (Å²) in [5.74, 6) is 1.29. The summed E-state index contributed by atoms with van der Waals surface area (Å²) in [6.07, 6.45) is 1.50. The first-order valence-corrected chi connectivity index (χ1v) is 10.7. The fraction of sp³-hybridized carbons (Fsp3) is 0.450. The van der Waals surface area contributed by atoms with Gasteiger partial charge in [0.05, 0.1) is 19.7 Å². The standard InChI is InChI=1S/C20H25N5O3S/c1-3-28-15-6-4-13(5-7-15)16(24-10-8-14(9-11-24)18(21)26)17-19(27)25-20(29-17)22-12(2)23-25/h4-7,14,16,27H,3,8-11H2,1-2H3,(H2,21,26)/p+1/t16-/m0/s1. The van der Waals surface area contributed by atoms with Crippen molar-refractivity contribution >= 4 is 22.2 Å². The van der Waals surface area contributed by atoms with E-state index in [0.29, 0.717) is 17.4 Å². The monoisotopic (exact) mass is 416 g/mol.